The van der Waals surface area contributed by atoms with Gasteiger partial charge in [0.05, 0.1) is 13.2 Å². The maximum atomic E-state index is 6.52. The Labute approximate surface area is 181 Å². The standard InChI is InChI=1S/C25H50N2O2/c1-19-13-22(5,6)26(23(7,8)14-19)28-17-21(3,4)18-29-27-24(9,10)15-20(2)16-25(27,11)12/h19-20H,13-18H2,1-12H3. The van der Waals surface area contributed by atoms with Crippen molar-refractivity contribution in [2.75, 3.05) is 13.2 Å². The maximum absolute atomic E-state index is 6.52. The van der Waals surface area contributed by atoms with Crippen LogP contribution in [0.4, 0.5) is 0 Å². The number of nitrogens with zero attached hydrogens (tertiary/aromatic N) is 2. The molecule has 0 aromatic heterocycles. The van der Waals surface area contributed by atoms with E-state index in [2.05, 4.69) is 93.2 Å². The van der Waals surface area contributed by atoms with Crippen LogP contribution in [0.3, 0.4) is 0 Å². The van der Waals surface area contributed by atoms with Gasteiger partial charge in [-0.25, -0.2) is 0 Å². The smallest absolute Gasteiger partial charge is 0.0759 e. The summed E-state index contributed by atoms with van der Waals surface area (Å²) in [5, 5.41) is 4.55. The van der Waals surface area contributed by atoms with Crippen molar-refractivity contribution in [3.05, 3.63) is 0 Å². The molecule has 0 atom stereocenters. The Bertz CT molecular complexity index is 481. The summed E-state index contributed by atoms with van der Waals surface area (Å²) in [5.41, 5.74) is 0.122. The molecule has 2 fully saturated rings. The van der Waals surface area contributed by atoms with Crippen molar-refractivity contribution in [2.24, 2.45) is 17.3 Å². The van der Waals surface area contributed by atoms with Crippen molar-refractivity contribution >= 4 is 0 Å². The van der Waals surface area contributed by atoms with Crippen LogP contribution in [0.2, 0.25) is 0 Å². The number of piperidine rings is 2. The van der Waals surface area contributed by atoms with Gasteiger partial charge < -0.3 is 0 Å². The van der Waals surface area contributed by atoms with Crippen LogP contribution in [0.25, 0.3) is 0 Å². The second-order valence-corrected chi connectivity index (χ2v) is 13.6. The van der Waals surface area contributed by atoms with Gasteiger partial charge in [-0.2, -0.15) is 10.1 Å². The van der Waals surface area contributed by atoms with Crippen LogP contribution in [0.5, 0.6) is 0 Å². The topological polar surface area (TPSA) is 24.9 Å². The Morgan fingerprint density at radius 1 is 0.621 bits per heavy atom. The van der Waals surface area contributed by atoms with Crippen LogP contribution in [-0.4, -0.2) is 45.5 Å². The van der Waals surface area contributed by atoms with Crippen molar-refractivity contribution in [2.45, 2.75) is 131 Å². The van der Waals surface area contributed by atoms with Crippen LogP contribution in [0, 0.1) is 17.3 Å². The molecule has 0 amide bonds. The van der Waals surface area contributed by atoms with Crippen molar-refractivity contribution in [1.82, 2.24) is 10.1 Å². The first-order valence-corrected chi connectivity index (χ1v) is 11.7. The molecule has 2 rings (SSSR count). The molecule has 4 nitrogen and oxygen atoms in total. The lowest BCUT2D eigenvalue weighted by atomic mass is 9.76. The minimum atomic E-state index is -0.0650. The van der Waals surface area contributed by atoms with Gasteiger partial charge >= 0.3 is 0 Å². The second-order valence-electron chi connectivity index (χ2n) is 13.6. The summed E-state index contributed by atoms with van der Waals surface area (Å²) in [4.78, 5) is 13.0. The van der Waals surface area contributed by atoms with Crippen LogP contribution >= 0.6 is 0 Å². The zero-order valence-corrected chi connectivity index (χ0v) is 21.6. The van der Waals surface area contributed by atoms with Gasteiger partial charge in [0.2, 0.25) is 0 Å². The third kappa shape index (κ3) is 5.96. The van der Waals surface area contributed by atoms with Gasteiger partial charge in [0.15, 0.2) is 0 Å². The van der Waals surface area contributed by atoms with Crippen LogP contribution in [0.1, 0.15) is 109 Å². The lowest BCUT2D eigenvalue weighted by molar-refractivity contribution is -0.320. The Morgan fingerprint density at radius 2 is 0.862 bits per heavy atom. The summed E-state index contributed by atoms with van der Waals surface area (Å²) in [6.07, 6.45) is 4.67. The zero-order valence-electron chi connectivity index (χ0n) is 21.6. The van der Waals surface area contributed by atoms with E-state index in [1.165, 1.54) is 25.7 Å². The van der Waals surface area contributed by atoms with Gasteiger partial charge in [0.1, 0.15) is 0 Å². The summed E-state index contributed by atoms with van der Waals surface area (Å²) in [5.74, 6) is 1.45. The van der Waals surface area contributed by atoms with Crippen molar-refractivity contribution in [3.63, 3.8) is 0 Å². The lowest BCUT2D eigenvalue weighted by Crippen LogP contribution is -2.61. The highest BCUT2D eigenvalue weighted by Crippen LogP contribution is 2.43. The van der Waals surface area contributed by atoms with Gasteiger partial charge in [0, 0.05) is 27.6 Å². The molecule has 2 saturated heterocycles. The van der Waals surface area contributed by atoms with E-state index in [1.54, 1.807) is 0 Å². The second kappa shape index (κ2) is 8.07. The van der Waals surface area contributed by atoms with Gasteiger partial charge in [-0.3, -0.25) is 9.68 Å². The predicted molar refractivity (Wildman–Crippen MR) is 122 cm³/mol. The Balaban J connectivity index is 2.01. The average molecular weight is 411 g/mol. The van der Waals surface area contributed by atoms with Gasteiger partial charge in [0.25, 0.3) is 0 Å². The fourth-order valence-electron chi connectivity index (χ4n) is 6.74. The van der Waals surface area contributed by atoms with Crippen LogP contribution in [0.15, 0.2) is 0 Å². The van der Waals surface area contributed by atoms with Gasteiger partial charge in [-0.1, -0.05) is 27.7 Å². The van der Waals surface area contributed by atoms with E-state index in [9.17, 15) is 0 Å². The van der Waals surface area contributed by atoms with E-state index in [0.29, 0.717) is 13.2 Å². The molecule has 0 N–H and O–H groups in total. The minimum absolute atomic E-state index is 0.0467. The SMILES string of the molecule is CC1CC(C)(C)N(OCC(C)(C)CON2C(C)(C)CC(C)CC2(C)C)C(C)(C)C1. The highest BCUT2D eigenvalue weighted by Gasteiger charge is 2.47. The summed E-state index contributed by atoms with van der Waals surface area (Å²) in [6.45, 7) is 29.1. The maximum Gasteiger partial charge on any atom is 0.0759 e. The highest BCUT2D eigenvalue weighted by molar-refractivity contribution is 4.97. The first-order valence-electron chi connectivity index (χ1n) is 11.7. The molecule has 0 aromatic rings. The molecular formula is C25H50N2O2. The molecule has 2 heterocycles. The molecule has 0 radical (unpaired) electrons. The van der Waals surface area contributed by atoms with Gasteiger partial charge in [-0.05, 0) is 92.9 Å². The van der Waals surface area contributed by atoms with E-state index in [1.807, 2.05) is 0 Å². The van der Waals surface area contributed by atoms with E-state index in [-0.39, 0.29) is 27.6 Å². The molecule has 0 aliphatic carbocycles. The molecule has 0 unspecified atom stereocenters. The quantitative estimate of drug-likeness (QED) is 0.502. The highest BCUT2D eigenvalue weighted by atomic mass is 16.7. The van der Waals surface area contributed by atoms with E-state index in [0.717, 1.165) is 11.8 Å². The van der Waals surface area contributed by atoms with Crippen molar-refractivity contribution in [3.8, 4) is 0 Å². The largest absolute Gasteiger partial charge is 0.297 e. The van der Waals surface area contributed by atoms with Crippen LogP contribution in [-0.2, 0) is 9.68 Å². The number of hydrogen-bond acceptors (Lipinski definition) is 4. The zero-order chi connectivity index (χ0) is 22.5. The van der Waals surface area contributed by atoms with Crippen LogP contribution < -0.4 is 0 Å². The molecule has 2 aliphatic heterocycles. The predicted octanol–water partition coefficient (Wildman–Crippen LogP) is 6.45. The van der Waals surface area contributed by atoms with Crippen molar-refractivity contribution < 1.29 is 9.68 Å². The summed E-state index contributed by atoms with van der Waals surface area (Å²) < 4.78 is 0. The normalized spacial score (nSPS) is 28.6. The third-order valence-corrected chi connectivity index (χ3v) is 6.76. The lowest BCUT2D eigenvalue weighted by Gasteiger charge is -2.55. The summed E-state index contributed by atoms with van der Waals surface area (Å²) in [7, 11) is 0. The Kier molecular flexibility index (Phi) is 6.99. The fraction of sp³-hybridized carbons (Fsp3) is 1.00. The molecule has 0 aromatic carbocycles. The van der Waals surface area contributed by atoms with E-state index in [4.69, 9.17) is 9.68 Å². The third-order valence-electron chi connectivity index (χ3n) is 6.76. The number of rotatable bonds is 6. The van der Waals surface area contributed by atoms with E-state index < -0.39 is 0 Å². The molecular weight excluding hydrogens is 360 g/mol. The fourth-order valence-corrected chi connectivity index (χ4v) is 6.74. The van der Waals surface area contributed by atoms with E-state index >= 15 is 0 Å². The van der Waals surface area contributed by atoms with Gasteiger partial charge in [-0.15, -0.1) is 0 Å². The first-order chi connectivity index (χ1) is 12.9. The minimum Gasteiger partial charge on any atom is -0.297 e. The monoisotopic (exact) mass is 410 g/mol. The molecule has 0 saturated carbocycles. The molecule has 172 valence electrons. The Hall–Kier alpha value is -0.160. The molecule has 2 aliphatic rings. The molecule has 0 bridgehead atoms. The number of hydroxylamine groups is 4. The van der Waals surface area contributed by atoms with Crippen molar-refractivity contribution in [1.29, 1.82) is 0 Å². The summed E-state index contributed by atoms with van der Waals surface area (Å²) >= 11 is 0. The molecule has 0 spiro atoms. The average Bonchev–Trinajstić information content (AvgIpc) is 2.40. The molecule has 4 heteroatoms. The summed E-state index contributed by atoms with van der Waals surface area (Å²) in [6, 6.07) is 0. The molecule has 29 heavy (non-hydrogen) atoms. The Morgan fingerprint density at radius 3 is 1.10 bits per heavy atom. The number of hydrogen-bond donors (Lipinski definition) is 0. The first kappa shape index (κ1) is 25.1.